The van der Waals surface area contributed by atoms with E-state index >= 15 is 0 Å². The highest BCUT2D eigenvalue weighted by Crippen LogP contribution is 2.39. The molecule has 0 bridgehead atoms. The Kier molecular flexibility index (Phi) is 7.66. The number of imidazole rings is 1. The van der Waals surface area contributed by atoms with Gasteiger partial charge in [-0.25, -0.2) is 9.78 Å². The average Bonchev–Trinajstić information content (AvgIpc) is 3.21. The molecule has 13 heteroatoms. The number of rotatable bonds is 7. The van der Waals surface area contributed by atoms with Crippen molar-refractivity contribution in [3.8, 4) is 11.8 Å². The number of alkyl halides is 2. The summed E-state index contributed by atoms with van der Waals surface area (Å²) in [6.07, 6.45) is 1.34. The van der Waals surface area contributed by atoms with Gasteiger partial charge in [-0.2, -0.15) is 14.0 Å². The molecule has 0 spiro atoms. The molecular formula is C22H19BrF2N6O3S. The maximum atomic E-state index is 14.8. The number of hydrogen-bond donors (Lipinski definition) is 2. The van der Waals surface area contributed by atoms with E-state index in [2.05, 4.69) is 32.3 Å². The van der Waals surface area contributed by atoms with Crippen molar-refractivity contribution >= 4 is 50.3 Å². The SMILES string of the molecule is N#Cc1ccc(-n2c(Br)cnc2SC(F)(F)C(=O)NCC(=O)ON2CCNCC2)c2ccccc12. The molecule has 4 rings (SSSR count). The number of carbonyl (C=O) groups excluding carboxylic acids is 2. The van der Waals surface area contributed by atoms with Crippen molar-refractivity contribution in [2.45, 2.75) is 10.4 Å². The number of amides is 1. The fourth-order valence-electron chi connectivity index (χ4n) is 3.51. The van der Waals surface area contributed by atoms with Crippen LogP contribution in [0.4, 0.5) is 8.78 Å². The number of nitriles is 1. The van der Waals surface area contributed by atoms with Crippen molar-refractivity contribution in [2.24, 2.45) is 0 Å². The summed E-state index contributed by atoms with van der Waals surface area (Å²) in [5, 5.41) is 13.0. The normalized spacial score (nSPS) is 14.5. The van der Waals surface area contributed by atoms with Gasteiger partial charge in [-0.3, -0.25) is 9.36 Å². The lowest BCUT2D eigenvalue weighted by Gasteiger charge is -2.25. The van der Waals surface area contributed by atoms with Gasteiger partial charge in [0.1, 0.15) is 11.1 Å². The zero-order valence-electron chi connectivity index (χ0n) is 18.1. The zero-order valence-corrected chi connectivity index (χ0v) is 20.5. The fourth-order valence-corrected chi connectivity index (χ4v) is 4.88. The van der Waals surface area contributed by atoms with E-state index in [1.807, 2.05) is 5.32 Å². The van der Waals surface area contributed by atoms with Gasteiger partial charge in [-0.05, 0) is 39.8 Å². The number of carbonyl (C=O) groups is 2. The molecule has 1 aliphatic rings. The Hall–Kier alpha value is -3.05. The maximum Gasteiger partial charge on any atom is 0.377 e. The van der Waals surface area contributed by atoms with Crippen LogP contribution < -0.4 is 10.6 Å². The minimum atomic E-state index is -3.93. The molecule has 1 aromatic heterocycles. The number of benzene rings is 2. The quantitative estimate of drug-likeness (QED) is 0.421. The lowest BCUT2D eigenvalue weighted by molar-refractivity contribution is -0.192. The van der Waals surface area contributed by atoms with E-state index in [4.69, 9.17) is 4.84 Å². The Morgan fingerprint density at radius 2 is 1.94 bits per heavy atom. The van der Waals surface area contributed by atoms with Crippen LogP contribution >= 0.6 is 27.7 Å². The van der Waals surface area contributed by atoms with Crippen molar-refractivity contribution in [1.29, 1.82) is 5.26 Å². The number of aromatic nitrogens is 2. The van der Waals surface area contributed by atoms with Gasteiger partial charge in [0.2, 0.25) is 0 Å². The highest BCUT2D eigenvalue weighted by molar-refractivity contribution is 9.10. The van der Waals surface area contributed by atoms with Gasteiger partial charge in [0, 0.05) is 37.0 Å². The van der Waals surface area contributed by atoms with Crippen molar-refractivity contribution < 1.29 is 23.2 Å². The first-order valence-corrected chi connectivity index (χ1v) is 12.1. The lowest BCUT2D eigenvalue weighted by atomic mass is 10.0. The van der Waals surface area contributed by atoms with Gasteiger partial charge >= 0.3 is 17.1 Å². The van der Waals surface area contributed by atoms with E-state index < -0.39 is 23.7 Å². The molecule has 1 aliphatic heterocycles. The van der Waals surface area contributed by atoms with Crippen LogP contribution in [-0.2, 0) is 14.4 Å². The summed E-state index contributed by atoms with van der Waals surface area (Å²) in [7, 11) is 0. The summed E-state index contributed by atoms with van der Waals surface area (Å²) in [5.74, 6) is -2.48. The minimum Gasteiger partial charge on any atom is -0.366 e. The molecule has 0 aliphatic carbocycles. The summed E-state index contributed by atoms with van der Waals surface area (Å²) in [4.78, 5) is 33.2. The number of hydroxylamine groups is 2. The van der Waals surface area contributed by atoms with E-state index in [-0.39, 0.29) is 16.9 Å². The largest absolute Gasteiger partial charge is 0.377 e. The molecule has 35 heavy (non-hydrogen) atoms. The van der Waals surface area contributed by atoms with Gasteiger partial charge in [-0.1, -0.05) is 24.3 Å². The van der Waals surface area contributed by atoms with E-state index in [0.717, 1.165) is 0 Å². The van der Waals surface area contributed by atoms with Crippen LogP contribution in [0.2, 0.25) is 0 Å². The highest BCUT2D eigenvalue weighted by atomic mass is 79.9. The topological polar surface area (TPSA) is 112 Å². The third-order valence-corrected chi connectivity index (χ3v) is 6.60. The summed E-state index contributed by atoms with van der Waals surface area (Å²) in [5.41, 5.74) is 0.939. The van der Waals surface area contributed by atoms with Gasteiger partial charge < -0.3 is 15.5 Å². The minimum absolute atomic E-state index is 0.0572. The third-order valence-electron chi connectivity index (χ3n) is 5.13. The van der Waals surface area contributed by atoms with Crippen molar-refractivity contribution in [2.75, 3.05) is 32.7 Å². The first kappa shape index (κ1) is 25.1. The average molecular weight is 565 g/mol. The third kappa shape index (κ3) is 5.62. The molecule has 182 valence electrons. The van der Waals surface area contributed by atoms with Crippen molar-refractivity contribution in [3.05, 3.63) is 52.8 Å². The van der Waals surface area contributed by atoms with Crippen LogP contribution in [0.5, 0.6) is 0 Å². The zero-order chi connectivity index (χ0) is 25.0. The van der Waals surface area contributed by atoms with Gasteiger partial charge in [0.05, 0.1) is 23.5 Å². The predicted molar refractivity (Wildman–Crippen MR) is 128 cm³/mol. The van der Waals surface area contributed by atoms with Crippen LogP contribution in [-0.4, -0.2) is 64.5 Å². The smallest absolute Gasteiger partial charge is 0.366 e. The van der Waals surface area contributed by atoms with Crippen LogP contribution in [0.15, 0.2) is 52.4 Å². The van der Waals surface area contributed by atoms with Crippen LogP contribution in [0.1, 0.15) is 5.56 Å². The Labute approximate surface area is 211 Å². The lowest BCUT2D eigenvalue weighted by Crippen LogP contribution is -2.46. The molecule has 2 heterocycles. The van der Waals surface area contributed by atoms with Crippen molar-refractivity contribution in [3.63, 3.8) is 0 Å². The second kappa shape index (κ2) is 10.7. The van der Waals surface area contributed by atoms with Gasteiger partial charge in [0.25, 0.3) is 0 Å². The molecule has 9 nitrogen and oxygen atoms in total. The first-order chi connectivity index (χ1) is 16.8. The van der Waals surface area contributed by atoms with Gasteiger partial charge in [-0.15, -0.1) is 5.06 Å². The molecule has 1 fully saturated rings. The summed E-state index contributed by atoms with van der Waals surface area (Å²) in [6, 6.07) is 12.4. The van der Waals surface area contributed by atoms with E-state index in [1.54, 1.807) is 36.4 Å². The molecular weight excluding hydrogens is 546 g/mol. The Balaban J connectivity index is 1.50. The number of thioether (sulfide) groups is 1. The standard InChI is InChI=1S/C22H19BrF2N6O3S/c23-18-12-29-21(31(18)17-6-5-14(11-26)15-3-1-2-4-16(15)17)35-22(24,25)20(33)28-13-19(32)34-30-9-7-27-8-10-30/h1-6,12,27H,7-10,13H2,(H,28,33). The number of nitrogens with one attached hydrogen (secondary N) is 2. The Morgan fingerprint density at radius 1 is 1.23 bits per heavy atom. The predicted octanol–water partition coefficient (Wildman–Crippen LogP) is 2.82. The summed E-state index contributed by atoms with van der Waals surface area (Å²) < 4.78 is 31.4. The van der Waals surface area contributed by atoms with E-state index in [9.17, 15) is 23.6 Å². The number of piperazine rings is 1. The van der Waals surface area contributed by atoms with E-state index in [0.29, 0.717) is 52.8 Å². The van der Waals surface area contributed by atoms with Crippen LogP contribution in [0, 0.1) is 11.3 Å². The Bertz CT molecular complexity index is 1310. The summed E-state index contributed by atoms with van der Waals surface area (Å²) in [6.45, 7) is 1.49. The molecule has 0 unspecified atom stereocenters. The second-order valence-corrected chi connectivity index (χ2v) is 9.33. The summed E-state index contributed by atoms with van der Waals surface area (Å²) >= 11 is 3.27. The first-order valence-electron chi connectivity index (χ1n) is 10.5. The molecule has 1 saturated heterocycles. The Morgan fingerprint density at radius 3 is 2.66 bits per heavy atom. The fraction of sp³-hybridized carbons (Fsp3) is 0.273. The van der Waals surface area contributed by atoms with Crippen LogP contribution in [0.3, 0.4) is 0 Å². The number of halogens is 3. The van der Waals surface area contributed by atoms with Crippen LogP contribution in [0.25, 0.3) is 16.5 Å². The number of fused-ring (bicyclic) bond motifs is 1. The van der Waals surface area contributed by atoms with E-state index in [1.165, 1.54) is 15.8 Å². The molecule has 0 saturated carbocycles. The van der Waals surface area contributed by atoms with Gasteiger partial charge in [0.15, 0.2) is 5.16 Å². The highest BCUT2D eigenvalue weighted by Gasteiger charge is 2.42. The molecule has 3 aromatic rings. The molecule has 1 amide bonds. The maximum absolute atomic E-state index is 14.8. The molecule has 2 N–H and O–H groups in total. The molecule has 2 aromatic carbocycles. The number of hydrogen-bond acceptors (Lipinski definition) is 8. The molecule has 0 radical (unpaired) electrons. The van der Waals surface area contributed by atoms with Crippen molar-refractivity contribution in [1.82, 2.24) is 25.2 Å². The number of nitrogens with zero attached hydrogens (tertiary/aromatic N) is 4. The monoisotopic (exact) mass is 564 g/mol. The molecule has 0 atom stereocenters. The second-order valence-electron chi connectivity index (χ2n) is 7.43.